The minimum absolute atomic E-state index is 0.156. The lowest BCUT2D eigenvalue weighted by Crippen LogP contribution is -1.83. The summed E-state index contributed by atoms with van der Waals surface area (Å²) in [6.45, 7) is 2.11. The molecule has 3 rings (SSSR count). The predicted octanol–water partition coefficient (Wildman–Crippen LogP) is 4.19. The van der Waals surface area contributed by atoms with E-state index in [1.54, 1.807) is 6.21 Å². The Hall–Kier alpha value is -2.55. The first-order chi connectivity index (χ1) is 9.79. The normalized spacial score (nSPS) is 11.4. The highest BCUT2D eigenvalue weighted by Gasteiger charge is 2.07. The monoisotopic (exact) mass is 264 g/mol. The summed E-state index contributed by atoms with van der Waals surface area (Å²) in [4.78, 5) is 7.48. The van der Waals surface area contributed by atoms with E-state index in [2.05, 4.69) is 23.0 Å². The van der Waals surface area contributed by atoms with Crippen molar-refractivity contribution in [3.63, 3.8) is 0 Å². The Balaban J connectivity index is 2.05. The van der Waals surface area contributed by atoms with Crippen LogP contribution >= 0.6 is 0 Å². The Kier molecular flexibility index (Phi) is 3.25. The van der Waals surface area contributed by atoms with Gasteiger partial charge in [0.15, 0.2) is 5.88 Å². The Morgan fingerprint density at radius 3 is 2.70 bits per heavy atom. The number of aromatic nitrogens is 1. The standard InChI is InChI=1S/C17H16N2O/c1-2-12-7-3-5-9-15(12)18-11-14-13-8-4-6-10-16(13)19-17(14)20/h3-11,19-20H,2H2,1H3. The largest absolute Gasteiger partial charge is 0.494 e. The molecule has 1 heterocycles. The van der Waals surface area contributed by atoms with Gasteiger partial charge in [-0.2, -0.15) is 0 Å². The number of H-pyrrole nitrogens is 1. The van der Waals surface area contributed by atoms with Crippen LogP contribution in [0.25, 0.3) is 10.9 Å². The zero-order chi connectivity index (χ0) is 13.9. The van der Waals surface area contributed by atoms with Gasteiger partial charge >= 0.3 is 0 Å². The van der Waals surface area contributed by atoms with Crippen LogP contribution in [0.5, 0.6) is 5.88 Å². The molecule has 100 valence electrons. The average molecular weight is 264 g/mol. The smallest absolute Gasteiger partial charge is 0.198 e. The van der Waals surface area contributed by atoms with Crippen LogP contribution in [0.4, 0.5) is 5.69 Å². The molecule has 1 aromatic heterocycles. The first kappa shape index (κ1) is 12.5. The van der Waals surface area contributed by atoms with Crippen molar-refractivity contribution in [3.8, 4) is 5.88 Å². The Labute approximate surface area is 117 Å². The Bertz CT molecular complexity index is 772. The number of para-hydroxylation sites is 2. The summed E-state index contributed by atoms with van der Waals surface area (Å²) in [5.74, 6) is 0.156. The molecule has 2 N–H and O–H groups in total. The first-order valence-corrected chi connectivity index (χ1v) is 6.71. The van der Waals surface area contributed by atoms with Crippen molar-refractivity contribution in [1.82, 2.24) is 4.98 Å². The molecule has 0 spiro atoms. The molecule has 3 aromatic rings. The van der Waals surface area contributed by atoms with Gasteiger partial charge in [0, 0.05) is 17.1 Å². The summed E-state index contributed by atoms with van der Waals surface area (Å²) in [5.41, 5.74) is 3.78. The maximum atomic E-state index is 9.99. The van der Waals surface area contributed by atoms with Crippen molar-refractivity contribution >= 4 is 22.8 Å². The van der Waals surface area contributed by atoms with Crippen molar-refractivity contribution in [2.24, 2.45) is 4.99 Å². The lowest BCUT2D eigenvalue weighted by atomic mass is 10.1. The zero-order valence-corrected chi connectivity index (χ0v) is 11.3. The molecule has 0 amide bonds. The third-order valence-electron chi connectivity index (χ3n) is 3.43. The van der Waals surface area contributed by atoms with Crippen LogP contribution in [0.3, 0.4) is 0 Å². The molecule has 0 radical (unpaired) electrons. The molecule has 3 heteroatoms. The van der Waals surface area contributed by atoms with E-state index in [-0.39, 0.29) is 5.88 Å². The number of aromatic amines is 1. The molecule has 0 aliphatic carbocycles. The van der Waals surface area contributed by atoms with Gasteiger partial charge in [-0.25, -0.2) is 0 Å². The highest BCUT2D eigenvalue weighted by atomic mass is 16.3. The Morgan fingerprint density at radius 1 is 1.10 bits per heavy atom. The third-order valence-corrected chi connectivity index (χ3v) is 3.43. The summed E-state index contributed by atoms with van der Waals surface area (Å²) in [6, 6.07) is 15.8. The summed E-state index contributed by atoms with van der Waals surface area (Å²) < 4.78 is 0. The van der Waals surface area contributed by atoms with Gasteiger partial charge in [0.1, 0.15) is 0 Å². The second-order valence-corrected chi connectivity index (χ2v) is 4.67. The minimum Gasteiger partial charge on any atom is -0.494 e. The third kappa shape index (κ3) is 2.18. The van der Waals surface area contributed by atoms with Crippen molar-refractivity contribution in [2.45, 2.75) is 13.3 Å². The van der Waals surface area contributed by atoms with Gasteiger partial charge in [-0.15, -0.1) is 0 Å². The number of hydrogen-bond donors (Lipinski definition) is 2. The van der Waals surface area contributed by atoms with Gasteiger partial charge in [0.05, 0.1) is 11.3 Å². The summed E-state index contributed by atoms with van der Waals surface area (Å²) >= 11 is 0. The molecule has 0 saturated heterocycles. The molecule has 0 aliphatic heterocycles. The van der Waals surface area contributed by atoms with E-state index in [4.69, 9.17) is 0 Å². The van der Waals surface area contributed by atoms with Crippen LogP contribution in [0.1, 0.15) is 18.1 Å². The van der Waals surface area contributed by atoms with Crippen LogP contribution in [-0.2, 0) is 6.42 Å². The van der Waals surface area contributed by atoms with E-state index in [0.717, 1.165) is 28.6 Å². The predicted molar refractivity (Wildman–Crippen MR) is 83.0 cm³/mol. The number of nitrogens with zero attached hydrogens (tertiary/aromatic N) is 1. The van der Waals surface area contributed by atoms with Crippen LogP contribution in [0.2, 0.25) is 0 Å². The fraction of sp³-hybridized carbons (Fsp3) is 0.118. The van der Waals surface area contributed by atoms with E-state index in [0.29, 0.717) is 0 Å². The molecule has 0 bridgehead atoms. The van der Waals surface area contributed by atoms with Gasteiger partial charge in [0.25, 0.3) is 0 Å². The fourth-order valence-electron chi connectivity index (χ4n) is 2.35. The van der Waals surface area contributed by atoms with E-state index in [9.17, 15) is 5.11 Å². The molecule has 0 saturated carbocycles. The summed E-state index contributed by atoms with van der Waals surface area (Å²) in [7, 11) is 0. The molecule has 0 fully saturated rings. The molecule has 0 atom stereocenters. The molecule has 2 aromatic carbocycles. The number of nitrogens with one attached hydrogen (secondary N) is 1. The van der Waals surface area contributed by atoms with E-state index < -0.39 is 0 Å². The minimum atomic E-state index is 0.156. The lowest BCUT2D eigenvalue weighted by Gasteiger charge is -2.01. The highest BCUT2D eigenvalue weighted by Crippen LogP contribution is 2.26. The molecular formula is C17H16N2O. The van der Waals surface area contributed by atoms with Crippen molar-refractivity contribution in [2.75, 3.05) is 0 Å². The zero-order valence-electron chi connectivity index (χ0n) is 11.3. The maximum absolute atomic E-state index is 9.99. The van der Waals surface area contributed by atoms with E-state index in [1.165, 1.54) is 5.56 Å². The topological polar surface area (TPSA) is 48.4 Å². The number of hydrogen-bond acceptors (Lipinski definition) is 2. The number of aliphatic imine (C=N–C) groups is 1. The number of fused-ring (bicyclic) bond motifs is 1. The lowest BCUT2D eigenvalue weighted by molar-refractivity contribution is 0.457. The number of aryl methyl sites for hydroxylation is 1. The fourth-order valence-corrected chi connectivity index (χ4v) is 2.35. The van der Waals surface area contributed by atoms with Crippen LogP contribution in [0, 0.1) is 0 Å². The van der Waals surface area contributed by atoms with Gasteiger partial charge in [-0.1, -0.05) is 43.3 Å². The van der Waals surface area contributed by atoms with Gasteiger partial charge in [0.2, 0.25) is 0 Å². The molecule has 0 unspecified atom stereocenters. The molecule has 3 nitrogen and oxygen atoms in total. The highest BCUT2D eigenvalue weighted by molar-refractivity contribution is 6.02. The van der Waals surface area contributed by atoms with Crippen molar-refractivity contribution in [1.29, 1.82) is 0 Å². The molecular weight excluding hydrogens is 248 g/mol. The van der Waals surface area contributed by atoms with Gasteiger partial charge in [-0.05, 0) is 24.1 Å². The number of rotatable bonds is 3. The number of benzene rings is 2. The molecule has 20 heavy (non-hydrogen) atoms. The van der Waals surface area contributed by atoms with Crippen molar-refractivity contribution < 1.29 is 5.11 Å². The van der Waals surface area contributed by atoms with Gasteiger partial charge < -0.3 is 10.1 Å². The SMILES string of the molecule is CCc1ccccc1N=Cc1c(O)[nH]c2ccccc12. The Morgan fingerprint density at radius 2 is 1.85 bits per heavy atom. The van der Waals surface area contributed by atoms with Crippen LogP contribution < -0.4 is 0 Å². The quantitative estimate of drug-likeness (QED) is 0.685. The maximum Gasteiger partial charge on any atom is 0.198 e. The van der Waals surface area contributed by atoms with E-state index in [1.807, 2.05) is 42.5 Å². The summed E-state index contributed by atoms with van der Waals surface area (Å²) in [6.07, 6.45) is 2.66. The second kappa shape index (κ2) is 5.21. The summed E-state index contributed by atoms with van der Waals surface area (Å²) in [5, 5.41) is 11.0. The van der Waals surface area contributed by atoms with Crippen LogP contribution in [-0.4, -0.2) is 16.3 Å². The second-order valence-electron chi connectivity index (χ2n) is 4.67. The number of aromatic hydroxyl groups is 1. The van der Waals surface area contributed by atoms with Gasteiger partial charge in [-0.3, -0.25) is 4.99 Å². The molecule has 0 aliphatic rings. The van der Waals surface area contributed by atoms with Crippen molar-refractivity contribution in [3.05, 3.63) is 59.7 Å². The van der Waals surface area contributed by atoms with E-state index >= 15 is 0 Å². The van der Waals surface area contributed by atoms with Crippen LogP contribution in [0.15, 0.2) is 53.5 Å². The first-order valence-electron chi connectivity index (χ1n) is 6.71. The average Bonchev–Trinajstić information content (AvgIpc) is 2.81.